The maximum Gasteiger partial charge on any atom is 0.341 e. The van der Waals surface area contributed by atoms with Gasteiger partial charge in [-0.2, -0.15) is 0 Å². The molecule has 2 heterocycles. The molecule has 1 unspecified atom stereocenters. The lowest BCUT2D eigenvalue weighted by atomic mass is 9.52. The van der Waals surface area contributed by atoms with Crippen molar-refractivity contribution in [2.75, 3.05) is 20.7 Å². The number of pyridine rings is 1. The van der Waals surface area contributed by atoms with Crippen LogP contribution in [0.25, 0.3) is 0 Å². The maximum atomic E-state index is 12.3. The number of carboxylic acid groups (broad SMARTS) is 1. The van der Waals surface area contributed by atoms with Crippen molar-refractivity contribution < 1.29 is 14.6 Å². The number of hydrogen-bond acceptors (Lipinski definition) is 4. The van der Waals surface area contributed by atoms with Gasteiger partial charge in [-0.15, -0.1) is 0 Å². The van der Waals surface area contributed by atoms with Crippen molar-refractivity contribution in [2.45, 2.75) is 37.1 Å². The van der Waals surface area contributed by atoms with Crippen molar-refractivity contribution in [1.29, 1.82) is 0 Å². The van der Waals surface area contributed by atoms with Crippen molar-refractivity contribution in [2.24, 2.45) is 5.92 Å². The number of likely N-dealkylation sites (N-methyl/N-ethyl adjacent to an activating group) is 1. The molecule has 2 aliphatic carbocycles. The molecule has 1 aromatic carbocycles. The Kier molecular flexibility index (Phi) is 3.72. The molecule has 3 atom stereocenters. The average molecular weight is 380 g/mol. The van der Waals surface area contributed by atoms with Crippen LogP contribution in [0, 0.1) is 5.92 Å². The van der Waals surface area contributed by atoms with E-state index in [1.165, 1.54) is 11.1 Å². The first-order valence-electron chi connectivity index (χ1n) is 9.79. The van der Waals surface area contributed by atoms with Crippen molar-refractivity contribution in [3.8, 4) is 5.75 Å². The molecule has 6 nitrogen and oxygen atoms in total. The standard InChI is InChI=1S/C22H24N2O4/c1-24-6-5-22-11-18-13(7-15(21(26)27)20(25)23-18)8-17(22)19(24)9-12-3-4-14(28-2)10-16(12)22/h3-4,7,10,17,19H,5-6,8-9,11H2,1-2H3,(H,23,25)(H,26,27)/t17-,19+,22?/m0/s1. The third-order valence-corrected chi connectivity index (χ3v) is 7.31. The first kappa shape index (κ1) is 17.5. The first-order chi connectivity index (χ1) is 13.4. The number of ether oxygens (including phenoxy) is 1. The van der Waals surface area contributed by atoms with Crippen LogP contribution >= 0.6 is 0 Å². The molecule has 0 saturated carbocycles. The molecule has 5 rings (SSSR count). The summed E-state index contributed by atoms with van der Waals surface area (Å²) in [5.41, 5.74) is 3.87. The van der Waals surface area contributed by atoms with Crippen molar-refractivity contribution in [1.82, 2.24) is 9.88 Å². The Hall–Kier alpha value is -2.60. The SMILES string of the molecule is COc1ccc2c(c1)C13CCN(C)[C@H](C2)[C@@H]1Cc1cc(C(=O)O)c(=O)[nH]c1C3. The molecule has 2 bridgehead atoms. The zero-order valence-corrected chi connectivity index (χ0v) is 16.1. The second-order valence-electron chi connectivity index (χ2n) is 8.49. The molecule has 0 radical (unpaired) electrons. The summed E-state index contributed by atoms with van der Waals surface area (Å²) in [6.45, 7) is 1.02. The molecule has 1 fully saturated rings. The van der Waals surface area contributed by atoms with Crippen LogP contribution in [0.2, 0.25) is 0 Å². The van der Waals surface area contributed by atoms with E-state index in [2.05, 4.69) is 29.1 Å². The highest BCUT2D eigenvalue weighted by molar-refractivity contribution is 5.87. The van der Waals surface area contributed by atoms with E-state index in [1.54, 1.807) is 13.2 Å². The van der Waals surface area contributed by atoms with Gasteiger partial charge >= 0.3 is 5.97 Å². The highest BCUT2D eigenvalue weighted by Gasteiger charge is 2.54. The molecule has 146 valence electrons. The minimum atomic E-state index is -1.17. The Balaban J connectivity index is 1.71. The van der Waals surface area contributed by atoms with Crippen LogP contribution in [0.1, 0.15) is 39.2 Å². The number of nitrogens with one attached hydrogen (secondary N) is 1. The fraction of sp³-hybridized carbons (Fsp3) is 0.455. The van der Waals surface area contributed by atoms with Gasteiger partial charge in [0.15, 0.2) is 0 Å². The number of carbonyl (C=O) groups is 1. The van der Waals surface area contributed by atoms with E-state index in [1.807, 2.05) is 6.07 Å². The van der Waals surface area contributed by atoms with E-state index < -0.39 is 11.5 Å². The van der Waals surface area contributed by atoms with Crippen LogP contribution in [-0.4, -0.2) is 47.7 Å². The van der Waals surface area contributed by atoms with Crippen molar-refractivity contribution in [3.05, 3.63) is 62.6 Å². The quantitative estimate of drug-likeness (QED) is 0.833. The fourth-order valence-corrected chi connectivity index (χ4v) is 5.89. The number of methoxy groups -OCH3 is 1. The van der Waals surface area contributed by atoms with E-state index in [9.17, 15) is 14.7 Å². The van der Waals surface area contributed by atoms with Crippen molar-refractivity contribution >= 4 is 5.97 Å². The van der Waals surface area contributed by atoms with Gasteiger partial charge in [0.25, 0.3) is 5.56 Å². The predicted molar refractivity (Wildman–Crippen MR) is 104 cm³/mol. The number of nitrogens with zero attached hydrogens (tertiary/aromatic N) is 1. The number of H-pyrrole nitrogens is 1. The fourth-order valence-electron chi connectivity index (χ4n) is 5.89. The summed E-state index contributed by atoms with van der Waals surface area (Å²) in [7, 11) is 3.88. The van der Waals surface area contributed by atoms with Gasteiger partial charge in [0.05, 0.1) is 7.11 Å². The number of rotatable bonds is 2. The number of aromatic nitrogens is 1. The number of hydrogen-bond donors (Lipinski definition) is 2. The second kappa shape index (κ2) is 5.95. The van der Waals surface area contributed by atoms with Crippen molar-refractivity contribution in [3.63, 3.8) is 0 Å². The summed E-state index contributed by atoms with van der Waals surface area (Å²) < 4.78 is 5.51. The van der Waals surface area contributed by atoms with Crippen LogP contribution in [0.3, 0.4) is 0 Å². The largest absolute Gasteiger partial charge is 0.497 e. The van der Waals surface area contributed by atoms with Gasteiger partial charge in [0.1, 0.15) is 11.3 Å². The molecule has 1 aliphatic heterocycles. The minimum Gasteiger partial charge on any atom is -0.497 e. The molecule has 1 aromatic heterocycles. The molecule has 3 aliphatic rings. The van der Waals surface area contributed by atoms with Crippen LogP contribution in [0.15, 0.2) is 29.1 Å². The van der Waals surface area contributed by atoms with E-state index in [0.717, 1.165) is 49.2 Å². The van der Waals surface area contributed by atoms with E-state index >= 15 is 0 Å². The van der Waals surface area contributed by atoms with Gasteiger partial charge in [-0.25, -0.2) is 4.79 Å². The first-order valence-corrected chi connectivity index (χ1v) is 9.79. The Labute approximate surface area is 163 Å². The summed E-state index contributed by atoms with van der Waals surface area (Å²) in [4.78, 5) is 29.1. The Morgan fingerprint density at radius 2 is 2.11 bits per heavy atom. The summed E-state index contributed by atoms with van der Waals surface area (Å²) >= 11 is 0. The highest BCUT2D eigenvalue weighted by Crippen LogP contribution is 2.54. The van der Waals surface area contributed by atoms with E-state index in [0.29, 0.717) is 12.0 Å². The lowest BCUT2D eigenvalue weighted by molar-refractivity contribution is 0.0233. The molecule has 0 amide bonds. The third-order valence-electron chi connectivity index (χ3n) is 7.31. The number of likely N-dealkylation sites (tertiary alicyclic amines) is 1. The number of aromatic amines is 1. The van der Waals surface area contributed by atoms with Gasteiger partial charge < -0.3 is 19.7 Å². The van der Waals surface area contributed by atoms with E-state index in [-0.39, 0.29) is 11.0 Å². The van der Waals surface area contributed by atoms with Gasteiger partial charge in [0.2, 0.25) is 0 Å². The summed E-state index contributed by atoms with van der Waals surface area (Å²) in [6.07, 6.45) is 3.55. The Morgan fingerprint density at radius 1 is 1.29 bits per heavy atom. The average Bonchev–Trinajstić information content (AvgIpc) is 2.68. The maximum absolute atomic E-state index is 12.3. The van der Waals surface area contributed by atoms with Gasteiger partial charge in [0, 0.05) is 17.2 Å². The third kappa shape index (κ3) is 2.30. The van der Waals surface area contributed by atoms with E-state index in [4.69, 9.17) is 4.74 Å². The van der Waals surface area contributed by atoms with Gasteiger partial charge in [-0.05, 0) is 80.1 Å². The topological polar surface area (TPSA) is 82.6 Å². The summed E-state index contributed by atoms with van der Waals surface area (Å²) in [5, 5.41) is 9.35. The summed E-state index contributed by atoms with van der Waals surface area (Å²) in [5.74, 6) is 0.0936. The number of carboxylic acids is 1. The molecule has 2 aromatic rings. The zero-order chi connectivity index (χ0) is 19.6. The minimum absolute atomic E-state index is 0.0417. The highest BCUT2D eigenvalue weighted by atomic mass is 16.5. The normalized spacial score (nSPS) is 28.1. The molecular formula is C22H24N2O4. The Bertz CT molecular complexity index is 1040. The lowest BCUT2D eigenvalue weighted by Crippen LogP contribution is -2.61. The van der Waals surface area contributed by atoms with Crippen LogP contribution in [0.4, 0.5) is 0 Å². The van der Waals surface area contributed by atoms with Crippen LogP contribution in [-0.2, 0) is 24.7 Å². The molecule has 2 N–H and O–H groups in total. The molecule has 1 saturated heterocycles. The molecule has 28 heavy (non-hydrogen) atoms. The Morgan fingerprint density at radius 3 is 2.86 bits per heavy atom. The molecular weight excluding hydrogens is 356 g/mol. The monoisotopic (exact) mass is 380 g/mol. The second-order valence-corrected chi connectivity index (χ2v) is 8.49. The number of piperidine rings is 1. The zero-order valence-electron chi connectivity index (χ0n) is 16.1. The number of benzene rings is 1. The predicted octanol–water partition coefficient (Wildman–Crippen LogP) is 1.99. The molecule has 0 spiro atoms. The van der Waals surface area contributed by atoms with Gasteiger partial charge in [-0.3, -0.25) is 4.79 Å². The number of aromatic carboxylic acids is 1. The van der Waals surface area contributed by atoms with Crippen LogP contribution < -0.4 is 10.3 Å². The van der Waals surface area contributed by atoms with Crippen LogP contribution in [0.5, 0.6) is 5.75 Å². The molecule has 6 heteroatoms. The van der Waals surface area contributed by atoms with Gasteiger partial charge in [-0.1, -0.05) is 6.07 Å². The summed E-state index contributed by atoms with van der Waals surface area (Å²) in [6, 6.07) is 8.41. The lowest BCUT2D eigenvalue weighted by Gasteiger charge is -2.58. The number of fused-ring (bicyclic) bond motifs is 2. The smallest absolute Gasteiger partial charge is 0.341 e.